The molecular weight excluding hydrogens is 240 g/mol. The minimum atomic E-state index is -0.407. The zero-order chi connectivity index (χ0) is 13.9. The van der Waals surface area contributed by atoms with Crippen molar-refractivity contribution in [1.82, 2.24) is 10.2 Å². The van der Waals surface area contributed by atoms with E-state index in [-0.39, 0.29) is 6.09 Å². The van der Waals surface area contributed by atoms with Crippen molar-refractivity contribution in [2.45, 2.75) is 77.0 Å². The van der Waals surface area contributed by atoms with Crippen molar-refractivity contribution in [3.05, 3.63) is 0 Å². The van der Waals surface area contributed by atoms with Crippen LogP contribution in [-0.4, -0.2) is 41.8 Å². The van der Waals surface area contributed by atoms with Crippen molar-refractivity contribution in [1.29, 1.82) is 0 Å². The number of hydrogen-bond donors (Lipinski definition) is 1. The van der Waals surface area contributed by atoms with Crippen LogP contribution >= 0.6 is 0 Å². The van der Waals surface area contributed by atoms with E-state index in [2.05, 4.69) is 5.32 Å². The van der Waals surface area contributed by atoms with Gasteiger partial charge >= 0.3 is 6.09 Å². The fraction of sp³-hybridized carbons (Fsp3) is 0.933. The standard InChI is InChI=1S/C15H28N2O2/c1-15(2,3)19-14(18)17(13-9-10-16-11-13)12-7-5-4-6-8-12/h12-13,16H,4-11H2,1-3H3. The second-order valence-electron chi connectivity index (χ2n) is 6.83. The number of amides is 1. The molecule has 2 rings (SSSR count). The molecule has 0 spiro atoms. The van der Waals surface area contributed by atoms with Crippen LogP contribution in [-0.2, 0) is 4.74 Å². The lowest BCUT2D eigenvalue weighted by Crippen LogP contribution is -2.50. The van der Waals surface area contributed by atoms with Gasteiger partial charge in [0.25, 0.3) is 0 Å². The molecule has 1 N–H and O–H groups in total. The van der Waals surface area contributed by atoms with Crippen LogP contribution in [0.4, 0.5) is 4.79 Å². The Balaban J connectivity index is 2.06. The third kappa shape index (κ3) is 4.10. The molecule has 1 atom stereocenters. The zero-order valence-corrected chi connectivity index (χ0v) is 12.6. The number of rotatable bonds is 2. The molecule has 4 heteroatoms. The van der Waals surface area contributed by atoms with Crippen molar-refractivity contribution in [2.75, 3.05) is 13.1 Å². The number of hydrogen-bond acceptors (Lipinski definition) is 3. The highest BCUT2D eigenvalue weighted by atomic mass is 16.6. The molecule has 1 aliphatic heterocycles. The molecule has 0 aromatic heterocycles. The number of nitrogens with zero attached hydrogens (tertiary/aromatic N) is 1. The van der Waals surface area contributed by atoms with Gasteiger partial charge in [0.15, 0.2) is 0 Å². The first kappa shape index (κ1) is 14.6. The first-order valence-electron chi connectivity index (χ1n) is 7.69. The molecule has 1 unspecified atom stereocenters. The molecular formula is C15H28N2O2. The molecule has 1 aliphatic carbocycles. The van der Waals surface area contributed by atoms with Crippen LogP contribution in [0.2, 0.25) is 0 Å². The van der Waals surface area contributed by atoms with E-state index >= 15 is 0 Å². The van der Waals surface area contributed by atoms with Gasteiger partial charge in [0, 0.05) is 18.6 Å². The summed E-state index contributed by atoms with van der Waals surface area (Å²) in [6, 6.07) is 0.700. The highest BCUT2D eigenvalue weighted by molar-refractivity contribution is 5.69. The van der Waals surface area contributed by atoms with Gasteiger partial charge in [-0.05, 0) is 46.6 Å². The third-order valence-electron chi connectivity index (χ3n) is 4.00. The van der Waals surface area contributed by atoms with Gasteiger partial charge in [0.1, 0.15) is 5.60 Å². The van der Waals surface area contributed by atoms with Crippen LogP contribution in [0.5, 0.6) is 0 Å². The lowest BCUT2D eigenvalue weighted by Gasteiger charge is -2.39. The van der Waals surface area contributed by atoms with Crippen LogP contribution in [0.3, 0.4) is 0 Å². The van der Waals surface area contributed by atoms with Crippen LogP contribution in [0.15, 0.2) is 0 Å². The Morgan fingerprint density at radius 2 is 1.79 bits per heavy atom. The molecule has 2 fully saturated rings. The SMILES string of the molecule is CC(C)(C)OC(=O)N(C1CCCCC1)C1CCNC1. The van der Waals surface area contributed by atoms with Crippen molar-refractivity contribution in [3.8, 4) is 0 Å². The van der Waals surface area contributed by atoms with E-state index in [4.69, 9.17) is 4.74 Å². The van der Waals surface area contributed by atoms with Gasteiger partial charge in [0.05, 0.1) is 0 Å². The highest BCUT2D eigenvalue weighted by Gasteiger charge is 2.35. The van der Waals surface area contributed by atoms with Crippen molar-refractivity contribution in [3.63, 3.8) is 0 Å². The number of ether oxygens (including phenoxy) is 1. The summed E-state index contributed by atoms with van der Waals surface area (Å²) in [5.41, 5.74) is -0.407. The van der Waals surface area contributed by atoms with E-state index in [1.165, 1.54) is 19.3 Å². The van der Waals surface area contributed by atoms with Gasteiger partial charge in [-0.1, -0.05) is 19.3 Å². The summed E-state index contributed by atoms with van der Waals surface area (Å²) < 4.78 is 5.62. The highest BCUT2D eigenvalue weighted by Crippen LogP contribution is 2.27. The Hall–Kier alpha value is -0.770. The summed E-state index contributed by atoms with van der Waals surface area (Å²) in [7, 11) is 0. The van der Waals surface area contributed by atoms with Gasteiger partial charge in [-0.15, -0.1) is 0 Å². The Morgan fingerprint density at radius 3 is 2.32 bits per heavy atom. The molecule has 0 bridgehead atoms. The maximum absolute atomic E-state index is 12.5. The second kappa shape index (κ2) is 6.12. The smallest absolute Gasteiger partial charge is 0.410 e. The Morgan fingerprint density at radius 1 is 1.11 bits per heavy atom. The van der Waals surface area contributed by atoms with E-state index in [1.54, 1.807) is 0 Å². The minimum absolute atomic E-state index is 0.117. The molecule has 1 saturated carbocycles. The lowest BCUT2D eigenvalue weighted by atomic mass is 9.93. The Kier molecular flexibility index (Phi) is 4.71. The number of carbonyl (C=O) groups excluding carboxylic acids is 1. The lowest BCUT2D eigenvalue weighted by molar-refractivity contribution is 0.00223. The molecule has 110 valence electrons. The molecule has 1 heterocycles. The van der Waals surface area contributed by atoms with Crippen molar-refractivity contribution < 1.29 is 9.53 Å². The monoisotopic (exact) mass is 268 g/mol. The van der Waals surface area contributed by atoms with E-state index in [1.807, 2.05) is 25.7 Å². The van der Waals surface area contributed by atoms with Gasteiger partial charge < -0.3 is 15.0 Å². The van der Waals surface area contributed by atoms with Gasteiger partial charge in [-0.25, -0.2) is 4.79 Å². The van der Waals surface area contributed by atoms with Crippen LogP contribution < -0.4 is 5.32 Å². The summed E-state index contributed by atoms with van der Waals surface area (Å²) in [4.78, 5) is 14.6. The van der Waals surface area contributed by atoms with Crippen LogP contribution in [0, 0.1) is 0 Å². The van der Waals surface area contributed by atoms with Crippen LogP contribution in [0.1, 0.15) is 59.3 Å². The maximum Gasteiger partial charge on any atom is 0.410 e. The van der Waals surface area contributed by atoms with E-state index < -0.39 is 5.60 Å². The molecule has 0 radical (unpaired) electrons. The van der Waals surface area contributed by atoms with Gasteiger partial charge in [0.2, 0.25) is 0 Å². The van der Waals surface area contributed by atoms with Gasteiger partial charge in [-0.3, -0.25) is 0 Å². The second-order valence-corrected chi connectivity index (χ2v) is 6.83. The van der Waals surface area contributed by atoms with E-state index in [0.29, 0.717) is 12.1 Å². The maximum atomic E-state index is 12.5. The minimum Gasteiger partial charge on any atom is -0.444 e. The Labute approximate surface area is 116 Å². The largest absolute Gasteiger partial charge is 0.444 e. The zero-order valence-electron chi connectivity index (χ0n) is 12.6. The predicted molar refractivity (Wildman–Crippen MR) is 76.2 cm³/mol. The quantitative estimate of drug-likeness (QED) is 0.837. The van der Waals surface area contributed by atoms with Crippen molar-refractivity contribution in [2.24, 2.45) is 0 Å². The molecule has 4 nitrogen and oxygen atoms in total. The van der Waals surface area contributed by atoms with Gasteiger partial charge in [-0.2, -0.15) is 0 Å². The average molecular weight is 268 g/mol. The number of carbonyl (C=O) groups is 1. The van der Waals surface area contributed by atoms with Crippen LogP contribution in [0.25, 0.3) is 0 Å². The summed E-state index contributed by atoms with van der Waals surface area (Å²) >= 11 is 0. The molecule has 1 amide bonds. The fourth-order valence-electron chi connectivity index (χ4n) is 3.15. The Bertz CT molecular complexity index is 300. The topological polar surface area (TPSA) is 41.6 Å². The first-order chi connectivity index (χ1) is 8.97. The molecule has 0 aromatic rings. The normalized spacial score (nSPS) is 25.3. The fourth-order valence-corrected chi connectivity index (χ4v) is 3.15. The predicted octanol–water partition coefficient (Wildman–Crippen LogP) is 2.92. The first-order valence-corrected chi connectivity index (χ1v) is 7.69. The molecule has 1 saturated heterocycles. The average Bonchev–Trinajstić information content (AvgIpc) is 2.82. The summed E-state index contributed by atoms with van der Waals surface area (Å²) in [5.74, 6) is 0. The third-order valence-corrected chi connectivity index (χ3v) is 4.00. The molecule has 19 heavy (non-hydrogen) atoms. The summed E-state index contributed by atoms with van der Waals surface area (Å²) in [6.07, 6.45) is 6.99. The number of nitrogens with one attached hydrogen (secondary N) is 1. The summed E-state index contributed by atoms with van der Waals surface area (Å²) in [5, 5.41) is 3.36. The van der Waals surface area contributed by atoms with Crippen molar-refractivity contribution >= 4 is 6.09 Å². The summed E-state index contributed by atoms with van der Waals surface area (Å²) in [6.45, 7) is 7.75. The van der Waals surface area contributed by atoms with E-state index in [9.17, 15) is 4.79 Å². The molecule has 2 aliphatic rings. The van der Waals surface area contributed by atoms with E-state index in [0.717, 1.165) is 32.4 Å². The molecule has 0 aromatic carbocycles.